The van der Waals surface area contributed by atoms with Crippen molar-refractivity contribution in [3.05, 3.63) is 26.6 Å². The van der Waals surface area contributed by atoms with Gasteiger partial charge < -0.3 is 20.1 Å². The molecule has 0 bridgehead atoms. The lowest BCUT2D eigenvalue weighted by molar-refractivity contribution is 0.104. The Labute approximate surface area is 141 Å². The van der Waals surface area contributed by atoms with Gasteiger partial charge >= 0.3 is 6.09 Å². The number of alkyl carbamates (subject to hydrolysis) is 1. The first kappa shape index (κ1) is 16.6. The van der Waals surface area contributed by atoms with E-state index in [1.165, 1.54) is 0 Å². The van der Waals surface area contributed by atoms with E-state index in [1.54, 1.807) is 0 Å². The maximum atomic E-state index is 11.0. The van der Waals surface area contributed by atoms with Crippen LogP contribution in [0.5, 0.6) is 5.75 Å². The molecule has 1 fully saturated rings. The molecule has 21 heavy (non-hydrogen) atoms. The van der Waals surface area contributed by atoms with Crippen molar-refractivity contribution in [2.45, 2.75) is 32.5 Å². The van der Waals surface area contributed by atoms with Crippen molar-refractivity contribution in [2.75, 3.05) is 13.2 Å². The maximum absolute atomic E-state index is 11.0. The second-order valence-electron chi connectivity index (χ2n) is 5.14. The molecule has 0 spiro atoms. The number of nitrogens with one attached hydrogen (secondary N) is 2. The highest BCUT2D eigenvalue weighted by Crippen LogP contribution is 2.35. The fraction of sp³-hybridized carbons (Fsp3) is 0.500. The Morgan fingerprint density at radius 1 is 1.43 bits per heavy atom. The zero-order chi connectivity index (χ0) is 15.4. The molecule has 0 radical (unpaired) electrons. The molecule has 2 rings (SSSR count). The summed E-state index contributed by atoms with van der Waals surface area (Å²) in [5, 5.41) is 5.97. The van der Waals surface area contributed by atoms with Crippen LogP contribution >= 0.6 is 31.9 Å². The lowest BCUT2D eigenvalue weighted by Crippen LogP contribution is -2.22. The number of halogens is 2. The van der Waals surface area contributed by atoms with E-state index < -0.39 is 6.09 Å². The fourth-order valence-corrected chi connectivity index (χ4v) is 3.39. The van der Waals surface area contributed by atoms with Gasteiger partial charge in [0.1, 0.15) is 12.4 Å². The molecule has 1 aromatic carbocycles. The van der Waals surface area contributed by atoms with E-state index in [0.29, 0.717) is 24.9 Å². The van der Waals surface area contributed by atoms with E-state index in [0.717, 1.165) is 21.1 Å². The number of cyclic esters (lactones) is 1. The summed E-state index contributed by atoms with van der Waals surface area (Å²) in [6.07, 6.45) is -0.643. The van der Waals surface area contributed by atoms with E-state index in [4.69, 9.17) is 9.47 Å². The molecular weight excluding hydrogens is 404 g/mol. The summed E-state index contributed by atoms with van der Waals surface area (Å²) in [6.45, 7) is 5.81. The smallest absolute Gasteiger partial charge is 0.407 e. The summed E-state index contributed by atoms with van der Waals surface area (Å²) in [5.74, 6) is 0.714. The van der Waals surface area contributed by atoms with Crippen molar-refractivity contribution in [1.82, 2.24) is 10.6 Å². The summed E-state index contributed by atoms with van der Waals surface area (Å²) in [7, 11) is 0. The number of hydrogen-bond acceptors (Lipinski definition) is 4. The van der Waals surface area contributed by atoms with Crippen molar-refractivity contribution in [3.8, 4) is 5.75 Å². The van der Waals surface area contributed by atoms with Crippen LogP contribution in [0.4, 0.5) is 4.79 Å². The molecule has 1 aliphatic heterocycles. The third kappa shape index (κ3) is 4.86. The van der Waals surface area contributed by atoms with E-state index >= 15 is 0 Å². The van der Waals surface area contributed by atoms with E-state index in [-0.39, 0.29) is 6.10 Å². The minimum atomic E-state index is -0.392. The number of benzene rings is 1. The van der Waals surface area contributed by atoms with Crippen molar-refractivity contribution in [1.29, 1.82) is 0 Å². The Bertz CT molecular complexity index is 500. The number of carbonyl (C=O) groups excluding carboxylic acids is 1. The Hall–Kier alpha value is -0.790. The molecule has 5 nitrogen and oxygen atoms in total. The number of ether oxygens (including phenoxy) is 2. The minimum absolute atomic E-state index is 0.251. The molecule has 116 valence electrons. The normalized spacial score (nSPS) is 17.8. The predicted octanol–water partition coefficient (Wildman–Crippen LogP) is 3.20. The molecule has 1 unspecified atom stereocenters. The Kier molecular flexibility index (Phi) is 5.89. The average molecular weight is 422 g/mol. The van der Waals surface area contributed by atoms with Gasteiger partial charge in [0.05, 0.1) is 15.5 Å². The Balaban J connectivity index is 1.98. The van der Waals surface area contributed by atoms with Crippen molar-refractivity contribution in [2.24, 2.45) is 0 Å². The first-order valence-electron chi connectivity index (χ1n) is 6.74. The summed E-state index contributed by atoms with van der Waals surface area (Å²) < 4.78 is 12.5. The number of hydrogen-bond donors (Lipinski definition) is 2. The molecule has 0 aromatic heterocycles. The van der Waals surface area contributed by atoms with Crippen LogP contribution in [0.1, 0.15) is 19.4 Å². The molecule has 1 aliphatic rings. The van der Waals surface area contributed by atoms with Gasteiger partial charge in [-0.05, 0) is 49.6 Å². The van der Waals surface area contributed by atoms with Crippen LogP contribution in [0.3, 0.4) is 0 Å². The molecule has 7 heteroatoms. The van der Waals surface area contributed by atoms with Crippen molar-refractivity contribution < 1.29 is 14.3 Å². The molecule has 0 aliphatic carbocycles. The van der Waals surface area contributed by atoms with E-state index in [1.807, 2.05) is 12.1 Å². The number of amides is 1. The Morgan fingerprint density at radius 3 is 2.62 bits per heavy atom. The van der Waals surface area contributed by atoms with Crippen LogP contribution in [0.15, 0.2) is 21.1 Å². The van der Waals surface area contributed by atoms with Crippen LogP contribution in [0.25, 0.3) is 0 Å². The highest BCUT2D eigenvalue weighted by atomic mass is 79.9. The summed E-state index contributed by atoms with van der Waals surface area (Å²) in [5.41, 5.74) is 1.16. The van der Waals surface area contributed by atoms with Crippen LogP contribution in [-0.4, -0.2) is 31.4 Å². The second kappa shape index (κ2) is 7.47. The van der Waals surface area contributed by atoms with Gasteiger partial charge in [0.15, 0.2) is 6.10 Å². The first-order chi connectivity index (χ1) is 9.95. The standard InChI is InChI=1S/C14H18Br2N2O3/c1-8(2)17-5-9-3-11(15)13(12(16)4-9)20-7-10-6-18-14(19)21-10/h3-4,8,10,17H,5-7H2,1-2H3,(H,18,19). The van der Waals surface area contributed by atoms with Gasteiger partial charge in [-0.1, -0.05) is 13.8 Å². The van der Waals surface area contributed by atoms with Crippen LogP contribution < -0.4 is 15.4 Å². The predicted molar refractivity (Wildman–Crippen MR) is 87.6 cm³/mol. The molecular formula is C14H18Br2N2O3. The highest BCUT2D eigenvalue weighted by molar-refractivity contribution is 9.11. The van der Waals surface area contributed by atoms with Gasteiger partial charge in [-0.15, -0.1) is 0 Å². The lowest BCUT2D eigenvalue weighted by Gasteiger charge is -2.15. The Morgan fingerprint density at radius 2 is 2.10 bits per heavy atom. The molecule has 0 saturated carbocycles. The fourth-order valence-electron chi connectivity index (χ4n) is 1.88. The first-order valence-corrected chi connectivity index (χ1v) is 8.33. The number of carbonyl (C=O) groups is 1. The molecule has 2 N–H and O–H groups in total. The molecule has 1 atom stereocenters. The lowest BCUT2D eigenvalue weighted by atomic mass is 10.2. The van der Waals surface area contributed by atoms with Crippen LogP contribution in [-0.2, 0) is 11.3 Å². The third-order valence-corrected chi connectivity index (χ3v) is 4.11. The zero-order valence-corrected chi connectivity index (χ0v) is 15.1. The average Bonchev–Trinajstić information content (AvgIpc) is 2.81. The summed E-state index contributed by atoms with van der Waals surface area (Å²) in [4.78, 5) is 11.0. The summed E-state index contributed by atoms with van der Waals surface area (Å²) >= 11 is 7.04. The van der Waals surface area contributed by atoms with Gasteiger partial charge in [0.25, 0.3) is 0 Å². The largest absolute Gasteiger partial charge is 0.487 e. The second-order valence-corrected chi connectivity index (χ2v) is 6.85. The topological polar surface area (TPSA) is 59.6 Å². The van der Waals surface area contributed by atoms with Gasteiger partial charge in [-0.2, -0.15) is 0 Å². The van der Waals surface area contributed by atoms with Crippen LogP contribution in [0, 0.1) is 0 Å². The van der Waals surface area contributed by atoms with Gasteiger partial charge in [-0.25, -0.2) is 4.79 Å². The summed E-state index contributed by atoms with van der Waals surface area (Å²) in [6, 6.07) is 4.48. The van der Waals surface area contributed by atoms with Gasteiger partial charge in [-0.3, -0.25) is 0 Å². The molecule has 1 aromatic rings. The SMILES string of the molecule is CC(C)NCc1cc(Br)c(OCC2CNC(=O)O2)c(Br)c1. The van der Waals surface area contributed by atoms with E-state index in [2.05, 4.69) is 56.3 Å². The maximum Gasteiger partial charge on any atom is 0.407 e. The van der Waals surface area contributed by atoms with Crippen LogP contribution in [0.2, 0.25) is 0 Å². The number of rotatable bonds is 6. The monoisotopic (exact) mass is 420 g/mol. The van der Waals surface area contributed by atoms with Gasteiger partial charge in [0.2, 0.25) is 0 Å². The van der Waals surface area contributed by atoms with Crippen molar-refractivity contribution in [3.63, 3.8) is 0 Å². The molecule has 1 amide bonds. The highest BCUT2D eigenvalue weighted by Gasteiger charge is 2.23. The quantitative estimate of drug-likeness (QED) is 0.740. The van der Waals surface area contributed by atoms with Crippen molar-refractivity contribution >= 4 is 38.0 Å². The zero-order valence-electron chi connectivity index (χ0n) is 11.9. The van der Waals surface area contributed by atoms with E-state index in [9.17, 15) is 4.79 Å². The third-order valence-electron chi connectivity index (χ3n) is 2.93. The molecule has 1 heterocycles. The van der Waals surface area contributed by atoms with Gasteiger partial charge in [0, 0.05) is 12.6 Å². The minimum Gasteiger partial charge on any atom is -0.487 e. The molecule has 1 saturated heterocycles.